The van der Waals surface area contributed by atoms with Gasteiger partial charge in [-0.1, -0.05) is 0 Å². The van der Waals surface area contributed by atoms with Gasteiger partial charge in [-0.25, -0.2) is 4.98 Å². The lowest BCUT2D eigenvalue weighted by Gasteiger charge is -2.23. The number of aromatic nitrogens is 1. The maximum Gasteiger partial charge on any atom is 0.242 e. The quantitative estimate of drug-likeness (QED) is 0.652. The van der Waals surface area contributed by atoms with Gasteiger partial charge >= 0.3 is 0 Å². The molecule has 0 aliphatic carbocycles. The second kappa shape index (κ2) is 4.16. The van der Waals surface area contributed by atoms with E-state index in [2.05, 4.69) is 15.6 Å². The van der Waals surface area contributed by atoms with Crippen LogP contribution >= 0.6 is 0 Å². The number of rotatable bonds is 2. The molecular formula is C10H14N4O. The van der Waals surface area contributed by atoms with Gasteiger partial charge in [-0.3, -0.25) is 4.79 Å². The third-order valence-electron chi connectivity index (χ3n) is 2.44. The predicted octanol–water partition coefficient (Wildman–Crippen LogP) is 0.354. The van der Waals surface area contributed by atoms with E-state index < -0.39 is 0 Å². The predicted molar refractivity (Wildman–Crippen MR) is 58.3 cm³/mol. The SMILES string of the molecule is Nc1cccnc1NC1CCCNC1=O. The molecule has 0 spiro atoms. The molecule has 2 rings (SSSR count). The van der Waals surface area contributed by atoms with Gasteiger partial charge in [-0.05, 0) is 25.0 Å². The first-order valence-corrected chi connectivity index (χ1v) is 5.02. The summed E-state index contributed by atoms with van der Waals surface area (Å²) in [7, 11) is 0. The molecule has 0 bridgehead atoms. The highest BCUT2D eigenvalue weighted by Gasteiger charge is 2.22. The molecule has 1 aromatic rings. The van der Waals surface area contributed by atoms with E-state index in [1.807, 2.05) is 0 Å². The normalized spacial score (nSPS) is 20.8. The fourth-order valence-corrected chi connectivity index (χ4v) is 1.61. The van der Waals surface area contributed by atoms with Crippen molar-refractivity contribution in [3.63, 3.8) is 0 Å². The van der Waals surface area contributed by atoms with Crippen LogP contribution in [0.25, 0.3) is 0 Å². The Labute approximate surface area is 88.1 Å². The lowest BCUT2D eigenvalue weighted by atomic mass is 10.1. The zero-order chi connectivity index (χ0) is 10.7. The highest BCUT2D eigenvalue weighted by Crippen LogP contribution is 2.16. The largest absolute Gasteiger partial charge is 0.396 e. The van der Waals surface area contributed by atoms with E-state index >= 15 is 0 Å². The van der Waals surface area contributed by atoms with Crippen LogP contribution in [-0.4, -0.2) is 23.5 Å². The van der Waals surface area contributed by atoms with Gasteiger partial charge in [0.15, 0.2) is 0 Å². The van der Waals surface area contributed by atoms with Crippen LogP contribution < -0.4 is 16.4 Å². The molecule has 1 fully saturated rings. The third kappa shape index (κ3) is 2.18. The molecule has 2 heterocycles. The summed E-state index contributed by atoms with van der Waals surface area (Å²) >= 11 is 0. The number of nitrogen functional groups attached to an aromatic ring is 1. The molecule has 80 valence electrons. The zero-order valence-electron chi connectivity index (χ0n) is 8.36. The van der Waals surface area contributed by atoms with E-state index in [1.54, 1.807) is 18.3 Å². The topological polar surface area (TPSA) is 80.0 Å². The number of hydrogen-bond donors (Lipinski definition) is 3. The van der Waals surface area contributed by atoms with Gasteiger partial charge in [-0.15, -0.1) is 0 Å². The summed E-state index contributed by atoms with van der Waals surface area (Å²) < 4.78 is 0. The number of anilines is 2. The summed E-state index contributed by atoms with van der Waals surface area (Å²) in [4.78, 5) is 15.6. The smallest absolute Gasteiger partial charge is 0.242 e. The van der Waals surface area contributed by atoms with Crippen molar-refractivity contribution in [3.05, 3.63) is 18.3 Å². The molecule has 1 atom stereocenters. The van der Waals surface area contributed by atoms with Crippen LogP contribution in [-0.2, 0) is 4.79 Å². The molecule has 1 amide bonds. The van der Waals surface area contributed by atoms with Crippen molar-refractivity contribution in [2.45, 2.75) is 18.9 Å². The summed E-state index contributed by atoms with van der Waals surface area (Å²) in [6, 6.07) is 3.31. The van der Waals surface area contributed by atoms with Crippen LogP contribution in [0, 0.1) is 0 Å². The molecule has 5 nitrogen and oxygen atoms in total. The summed E-state index contributed by atoms with van der Waals surface area (Å²) in [6.45, 7) is 0.759. The van der Waals surface area contributed by atoms with Crippen molar-refractivity contribution in [2.24, 2.45) is 0 Å². The Morgan fingerprint density at radius 3 is 3.20 bits per heavy atom. The minimum atomic E-state index is -0.212. The van der Waals surface area contributed by atoms with Gasteiger partial charge < -0.3 is 16.4 Å². The Bertz CT molecular complexity index is 366. The fourth-order valence-electron chi connectivity index (χ4n) is 1.61. The number of piperidine rings is 1. The minimum Gasteiger partial charge on any atom is -0.396 e. The van der Waals surface area contributed by atoms with Gasteiger partial charge in [-0.2, -0.15) is 0 Å². The first-order valence-electron chi connectivity index (χ1n) is 5.02. The fraction of sp³-hybridized carbons (Fsp3) is 0.400. The molecule has 5 heteroatoms. The van der Waals surface area contributed by atoms with Crippen molar-refractivity contribution in [1.82, 2.24) is 10.3 Å². The van der Waals surface area contributed by atoms with Crippen molar-refractivity contribution < 1.29 is 4.79 Å². The number of pyridine rings is 1. The summed E-state index contributed by atoms with van der Waals surface area (Å²) in [6.07, 6.45) is 3.46. The first-order chi connectivity index (χ1) is 7.27. The molecule has 1 saturated heterocycles. The zero-order valence-corrected chi connectivity index (χ0v) is 8.36. The first kappa shape index (κ1) is 9.76. The average Bonchev–Trinajstić information content (AvgIpc) is 2.24. The van der Waals surface area contributed by atoms with Gasteiger partial charge in [0, 0.05) is 12.7 Å². The number of nitrogens with two attached hydrogens (primary N) is 1. The van der Waals surface area contributed by atoms with Crippen molar-refractivity contribution in [2.75, 3.05) is 17.6 Å². The summed E-state index contributed by atoms with van der Waals surface area (Å²) in [5, 5.41) is 5.85. The molecule has 1 aliphatic heterocycles. The van der Waals surface area contributed by atoms with Gasteiger partial charge in [0.1, 0.15) is 11.9 Å². The second-order valence-electron chi connectivity index (χ2n) is 3.57. The van der Waals surface area contributed by atoms with Crippen LogP contribution in [0.1, 0.15) is 12.8 Å². The number of nitrogens with zero attached hydrogens (tertiary/aromatic N) is 1. The van der Waals surface area contributed by atoms with Crippen LogP contribution in [0.2, 0.25) is 0 Å². The van der Waals surface area contributed by atoms with E-state index in [0.29, 0.717) is 11.5 Å². The van der Waals surface area contributed by atoms with Crippen molar-refractivity contribution in [1.29, 1.82) is 0 Å². The molecule has 0 aromatic carbocycles. The van der Waals surface area contributed by atoms with Crippen LogP contribution in [0.5, 0.6) is 0 Å². The number of hydrogen-bond acceptors (Lipinski definition) is 4. The van der Waals surface area contributed by atoms with Crippen LogP contribution in [0.3, 0.4) is 0 Å². The highest BCUT2D eigenvalue weighted by atomic mass is 16.2. The van der Waals surface area contributed by atoms with E-state index in [9.17, 15) is 4.79 Å². The lowest BCUT2D eigenvalue weighted by molar-refractivity contribution is -0.123. The third-order valence-corrected chi connectivity index (χ3v) is 2.44. The van der Waals surface area contributed by atoms with E-state index in [0.717, 1.165) is 19.4 Å². The lowest BCUT2D eigenvalue weighted by Crippen LogP contribution is -2.44. The van der Waals surface area contributed by atoms with Crippen molar-refractivity contribution >= 4 is 17.4 Å². The Hall–Kier alpha value is -1.78. The Kier molecular flexibility index (Phi) is 2.71. The standard InChI is InChI=1S/C10H14N4O/c11-7-3-1-5-12-9(7)14-8-4-2-6-13-10(8)15/h1,3,5,8H,2,4,6,11H2,(H,12,14)(H,13,15). The van der Waals surface area contributed by atoms with E-state index in [-0.39, 0.29) is 11.9 Å². The summed E-state index contributed by atoms with van der Waals surface area (Å²) in [5.41, 5.74) is 6.29. The molecule has 1 unspecified atom stereocenters. The number of amides is 1. The van der Waals surface area contributed by atoms with Crippen molar-refractivity contribution in [3.8, 4) is 0 Å². The Morgan fingerprint density at radius 1 is 1.60 bits per heavy atom. The molecule has 0 radical (unpaired) electrons. The molecule has 15 heavy (non-hydrogen) atoms. The number of carbonyl (C=O) groups excluding carboxylic acids is 1. The molecule has 0 saturated carbocycles. The highest BCUT2D eigenvalue weighted by molar-refractivity contribution is 5.85. The monoisotopic (exact) mass is 206 g/mol. The number of nitrogens with one attached hydrogen (secondary N) is 2. The Balaban J connectivity index is 2.08. The van der Waals surface area contributed by atoms with Gasteiger partial charge in [0.05, 0.1) is 5.69 Å². The molecule has 1 aliphatic rings. The van der Waals surface area contributed by atoms with Crippen LogP contribution in [0.4, 0.5) is 11.5 Å². The maximum absolute atomic E-state index is 11.5. The van der Waals surface area contributed by atoms with E-state index in [4.69, 9.17) is 5.73 Å². The van der Waals surface area contributed by atoms with Crippen LogP contribution in [0.15, 0.2) is 18.3 Å². The maximum atomic E-state index is 11.5. The molecule has 1 aromatic heterocycles. The summed E-state index contributed by atoms with van der Waals surface area (Å²) in [5.74, 6) is 0.603. The minimum absolute atomic E-state index is 0.0197. The van der Waals surface area contributed by atoms with Gasteiger partial charge in [0.2, 0.25) is 5.91 Å². The van der Waals surface area contributed by atoms with E-state index in [1.165, 1.54) is 0 Å². The second-order valence-corrected chi connectivity index (χ2v) is 3.57. The molecule has 4 N–H and O–H groups in total. The Morgan fingerprint density at radius 2 is 2.47 bits per heavy atom. The van der Waals surface area contributed by atoms with Gasteiger partial charge in [0.25, 0.3) is 0 Å². The number of carbonyl (C=O) groups is 1. The molecular weight excluding hydrogens is 192 g/mol. The average molecular weight is 206 g/mol.